The highest BCUT2D eigenvalue weighted by Crippen LogP contribution is 2.40. The molecule has 1 unspecified atom stereocenters. The second-order valence-electron chi connectivity index (χ2n) is 7.76. The number of nitrogens with one attached hydrogen (secondary N) is 1. The summed E-state index contributed by atoms with van der Waals surface area (Å²) in [5.41, 5.74) is -0.116. The Balaban J connectivity index is 2.06. The van der Waals surface area contributed by atoms with Gasteiger partial charge in [0.25, 0.3) is 5.91 Å². The number of thiophene rings is 1. The maximum atomic E-state index is 14.4. The number of ether oxygens (including phenoxy) is 1. The third-order valence-electron chi connectivity index (χ3n) is 4.75. The first kappa shape index (κ1) is 22.0. The lowest BCUT2D eigenvalue weighted by Gasteiger charge is -2.26. The lowest BCUT2D eigenvalue weighted by atomic mass is 9.99. The zero-order valence-corrected chi connectivity index (χ0v) is 18.2. The number of hydrogen-bond acceptors (Lipinski definition) is 5. The second kappa shape index (κ2) is 8.97. The number of rotatable bonds is 7. The number of likely N-dealkylation sites (N-methyl/N-ethyl adjacent to an activating group) is 1. The van der Waals surface area contributed by atoms with Crippen LogP contribution in [0.3, 0.4) is 0 Å². The van der Waals surface area contributed by atoms with E-state index in [-0.39, 0.29) is 23.0 Å². The van der Waals surface area contributed by atoms with Crippen molar-refractivity contribution in [2.45, 2.75) is 26.0 Å². The molecule has 8 heteroatoms. The summed E-state index contributed by atoms with van der Waals surface area (Å²) in [4.78, 5) is 28.8. The number of quaternary nitrogens is 1. The maximum Gasteiger partial charge on any atom is 0.295 e. The van der Waals surface area contributed by atoms with E-state index in [9.17, 15) is 19.1 Å². The SMILES string of the molecule is CC(C)Oc1ccc(C([O-])=C2C(=O)C(=O)N(CC[NH+](C)C)C2c2cccs2)cc1F. The van der Waals surface area contributed by atoms with Crippen molar-refractivity contribution in [2.24, 2.45) is 0 Å². The average molecular weight is 433 g/mol. The van der Waals surface area contributed by atoms with E-state index in [0.717, 1.165) is 15.8 Å². The summed E-state index contributed by atoms with van der Waals surface area (Å²) >= 11 is 1.37. The van der Waals surface area contributed by atoms with Crippen LogP contribution in [0.5, 0.6) is 5.75 Å². The van der Waals surface area contributed by atoms with Crippen LogP contribution < -0.4 is 14.7 Å². The smallest absolute Gasteiger partial charge is 0.295 e. The van der Waals surface area contributed by atoms with Crippen molar-refractivity contribution < 1.29 is 28.7 Å². The summed E-state index contributed by atoms with van der Waals surface area (Å²) in [6.45, 7) is 4.50. The number of carbonyl (C=O) groups excluding carboxylic acids is 2. The van der Waals surface area contributed by atoms with Crippen LogP contribution in [-0.2, 0) is 9.59 Å². The molecule has 0 saturated carbocycles. The Morgan fingerprint density at radius 1 is 1.30 bits per heavy atom. The Morgan fingerprint density at radius 3 is 2.60 bits per heavy atom. The van der Waals surface area contributed by atoms with Crippen LogP contribution in [0.2, 0.25) is 0 Å². The largest absolute Gasteiger partial charge is 0.872 e. The predicted octanol–water partition coefficient (Wildman–Crippen LogP) is 1.04. The van der Waals surface area contributed by atoms with Crippen molar-refractivity contribution in [1.29, 1.82) is 0 Å². The zero-order chi connectivity index (χ0) is 22.0. The second-order valence-corrected chi connectivity index (χ2v) is 8.74. The standard InChI is InChI=1S/C22H25FN2O4S/c1-13(2)29-16-8-7-14(12-15(16)23)20(26)18-19(17-6-5-11-30-17)25(10-9-24(3)4)22(28)21(18)27/h5-8,11-13,19,26H,9-10H2,1-4H3. The molecule has 0 radical (unpaired) electrons. The van der Waals surface area contributed by atoms with Gasteiger partial charge in [0.05, 0.1) is 39.3 Å². The van der Waals surface area contributed by atoms with Gasteiger partial charge in [0.1, 0.15) is 0 Å². The molecule has 1 aliphatic heterocycles. The Labute approximate surface area is 179 Å². The monoisotopic (exact) mass is 432 g/mol. The fraction of sp³-hybridized carbons (Fsp3) is 0.364. The predicted molar refractivity (Wildman–Crippen MR) is 111 cm³/mol. The molecule has 0 aliphatic carbocycles. The summed E-state index contributed by atoms with van der Waals surface area (Å²) in [6.07, 6.45) is -0.222. The van der Waals surface area contributed by atoms with E-state index in [2.05, 4.69) is 0 Å². The first-order valence-corrected chi connectivity index (χ1v) is 10.6. The van der Waals surface area contributed by atoms with Crippen LogP contribution in [0.25, 0.3) is 5.76 Å². The summed E-state index contributed by atoms with van der Waals surface area (Å²) in [5.74, 6) is -2.81. The summed E-state index contributed by atoms with van der Waals surface area (Å²) in [7, 11) is 3.89. The lowest BCUT2D eigenvalue weighted by Crippen LogP contribution is -3.06. The van der Waals surface area contributed by atoms with E-state index < -0.39 is 29.3 Å². The molecule has 1 aliphatic rings. The van der Waals surface area contributed by atoms with Gasteiger partial charge >= 0.3 is 0 Å². The molecule has 1 atom stereocenters. The van der Waals surface area contributed by atoms with Crippen LogP contribution >= 0.6 is 11.3 Å². The molecule has 0 bridgehead atoms. The topological polar surface area (TPSA) is 74.1 Å². The van der Waals surface area contributed by atoms with Crippen LogP contribution in [0.15, 0.2) is 41.3 Å². The number of carbonyl (C=O) groups is 2. The molecule has 1 aromatic heterocycles. The molecular weight excluding hydrogens is 407 g/mol. The van der Waals surface area contributed by atoms with Gasteiger partial charge in [-0.3, -0.25) is 9.59 Å². The number of nitrogens with zero attached hydrogens (tertiary/aromatic N) is 1. The molecule has 1 saturated heterocycles. The molecule has 2 heterocycles. The van der Waals surface area contributed by atoms with Crippen molar-refractivity contribution in [1.82, 2.24) is 4.90 Å². The Hall–Kier alpha value is -2.71. The van der Waals surface area contributed by atoms with Crippen molar-refractivity contribution in [3.63, 3.8) is 0 Å². The summed E-state index contributed by atoms with van der Waals surface area (Å²) in [5, 5.41) is 15.1. The van der Waals surface area contributed by atoms with Gasteiger partial charge in [-0.1, -0.05) is 17.9 Å². The fourth-order valence-corrected chi connectivity index (χ4v) is 4.18. The highest BCUT2D eigenvalue weighted by molar-refractivity contribution is 7.10. The fourth-order valence-electron chi connectivity index (χ4n) is 3.33. The molecule has 160 valence electrons. The minimum Gasteiger partial charge on any atom is -0.872 e. The molecule has 1 fully saturated rings. The normalized spacial score (nSPS) is 18.6. The van der Waals surface area contributed by atoms with Gasteiger partial charge in [-0.05, 0) is 43.0 Å². The van der Waals surface area contributed by atoms with Crippen LogP contribution in [0.1, 0.15) is 30.3 Å². The van der Waals surface area contributed by atoms with E-state index in [4.69, 9.17) is 4.74 Å². The first-order chi connectivity index (χ1) is 14.2. The molecule has 3 rings (SSSR count). The van der Waals surface area contributed by atoms with E-state index in [1.807, 2.05) is 25.5 Å². The summed E-state index contributed by atoms with van der Waals surface area (Å²) in [6, 6.07) is 6.70. The van der Waals surface area contributed by atoms with Crippen molar-refractivity contribution >= 4 is 28.8 Å². The third-order valence-corrected chi connectivity index (χ3v) is 5.68. The number of Topliss-reactive ketones (excluding diaryl/α,β-unsaturated/α-hetero) is 1. The van der Waals surface area contributed by atoms with Gasteiger partial charge in [0, 0.05) is 10.5 Å². The molecule has 0 spiro atoms. The average Bonchev–Trinajstić information content (AvgIpc) is 3.28. The van der Waals surface area contributed by atoms with Gasteiger partial charge in [-0.2, -0.15) is 0 Å². The van der Waals surface area contributed by atoms with E-state index in [1.54, 1.807) is 19.9 Å². The van der Waals surface area contributed by atoms with Crippen LogP contribution in [-0.4, -0.2) is 49.9 Å². The number of ketones is 1. The molecule has 1 aromatic carbocycles. The zero-order valence-electron chi connectivity index (χ0n) is 17.4. The number of amides is 1. The summed E-state index contributed by atoms with van der Waals surface area (Å²) < 4.78 is 19.8. The molecule has 6 nitrogen and oxygen atoms in total. The number of likely N-dealkylation sites (tertiary alicyclic amines) is 1. The quantitative estimate of drug-likeness (QED) is 0.403. The van der Waals surface area contributed by atoms with Crippen molar-refractivity contribution in [3.05, 3.63) is 57.5 Å². The highest BCUT2D eigenvalue weighted by atomic mass is 32.1. The Bertz CT molecular complexity index is 970. The molecule has 30 heavy (non-hydrogen) atoms. The Morgan fingerprint density at radius 2 is 2.03 bits per heavy atom. The lowest BCUT2D eigenvalue weighted by molar-refractivity contribution is -0.857. The molecule has 1 N–H and O–H groups in total. The van der Waals surface area contributed by atoms with Gasteiger partial charge < -0.3 is 19.6 Å². The number of hydrogen-bond donors (Lipinski definition) is 1. The van der Waals surface area contributed by atoms with Gasteiger partial charge in [-0.15, -0.1) is 11.3 Å². The van der Waals surface area contributed by atoms with Crippen molar-refractivity contribution in [2.75, 3.05) is 27.2 Å². The van der Waals surface area contributed by atoms with Gasteiger partial charge in [0.2, 0.25) is 5.78 Å². The van der Waals surface area contributed by atoms with E-state index >= 15 is 0 Å². The number of benzene rings is 1. The van der Waals surface area contributed by atoms with Gasteiger partial charge in [-0.25, -0.2) is 4.39 Å². The van der Waals surface area contributed by atoms with Crippen molar-refractivity contribution in [3.8, 4) is 5.75 Å². The van der Waals surface area contributed by atoms with Crippen LogP contribution in [0.4, 0.5) is 4.39 Å². The first-order valence-electron chi connectivity index (χ1n) is 9.76. The van der Waals surface area contributed by atoms with Crippen LogP contribution in [0, 0.1) is 5.82 Å². The van der Waals surface area contributed by atoms with Gasteiger partial charge in [0.15, 0.2) is 11.6 Å². The number of halogens is 1. The van der Waals surface area contributed by atoms with E-state index in [0.29, 0.717) is 13.1 Å². The third kappa shape index (κ3) is 4.39. The van der Waals surface area contributed by atoms with E-state index in [1.165, 1.54) is 28.4 Å². The minimum atomic E-state index is -0.824. The highest BCUT2D eigenvalue weighted by Gasteiger charge is 2.44. The molecule has 1 amide bonds. The molecular formula is C22H25FN2O4S. The molecule has 2 aromatic rings. The maximum absolute atomic E-state index is 14.4. The minimum absolute atomic E-state index is 0.0152. The Kier molecular flexibility index (Phi) is 6.58.